The molecule has 1 fully saturated rings. The van der Waals surface area contributed by atoms with Crippen molar-refractivity contribution in [1.82, 2.24) is 20.0 Å². The maximum atomic E-state index is 12.6. The minimum atomic E-state index is -0.168. The minimum Gasteiger partial charge on any atom is -0.374 e. The highest BCUT2D eigenvalue weighted by Gasteiger charge is 2.26. The first-order valence-electron chi connectivity index (χ1n) is 7.92. The van der Waals surface area contributed by atoms with E-state index < -0.39 is 0 Å². The molecule has 1 saturated heterocycles. The van der Waals surface area contributed by atoms with Crippen LogP contribution in [0.3, 0.4) is 0 Å². The molecule has 0 saturated carbocycles. The van der Waals surface area contributed by atoms with Gasteiger partial charge in [0, 0.05) is 32.7 Å². The number of nitrogens with zero attached hydrogens (tertiary/aromatic N) is 4. The molecule has 0 unspecified atom stereocenters. The number of carbonyl (C=O) groups excluding carboxylic acids is 1. The first-order valence-corrected chi connectivity index (χ1v) is 9.62. The Morgan fingerprint density at radius 3 is 2.58 bits per heavy atom. The van der Waals surface area contributed by atoms with Crippen LogP contribution in [0.4, 0.5) is 5.13 Å². The van der Waals surface area contributed by atoms with Crippen LogP contribution in [0.1, 0.15) is 12.5 Å². The summed E-state index contributed by atoms with van der Waals surface area (Å²) in [4.78, 5) is 16.9. The van der Waals surface area contributed by atoms with Gasteiger partial charge in [0.25, 0.3) is 0 Å². The van der Waals surface area contributed by atoms with E-state index in [9.17, 15) is 4.79 Å². The van der Waals surface area contributed by atoms with Gasteiger partial charge in [-0.15, -0.1) is 10.2 Å². The Hall–Kier alpha value is -1.64. The van der Waals surface area contributed by atoms with Crippen LogP contribution in [0, 0.1) is 0 Å². The summed E-state index contributed by atoms with van der Waals surface area (Å²) in [5.74, 6) is 0.160. The molecule has 1 amide bonds. The zero-order valence-corrected chi connectivity index (χ0v) is 15.2. The van der Waals surface area contributed by atoms with Gasteiger partial charge in [0.05, 0.1) is 5.25 Å². The van der Waals surface area contributed by atoms with Crippen molar-refractivity contribution in [2.75, 3.05) is 31.9 Å². The molecule has 3 rings (SSSR count). The average molecular weight is 364 g/mol. The Labute approximate surface area is 150 Å². The van der Waals surface area contributed by atoms with Gasteiger partial charge in [0.2, 0.25) is 11.0 Å². The van der Waals surface area contributed by atoms with Crippen molar-refractivity contribution in [3.05, 3.63) is 35.9 Å². The number of aromatic nitrogens is 2. The second-order valence-corrected chi connectivity index (χ2v) is 8.35. The molecule has 0 bridgehead atoms. The quantitative estimate of drug-likeness (QED) is 0.819. The molecule has 24 heavy (non-hydrogen) atoms. The summed E-state index contributed by atoms with van der Waals surface area (Å²) in [5.41, 5.74) is 6.90. The number of rotatable bonds is 5. The van der Waals surface area contributed by atoms with Crippen LogP contribution in [0.15, 0.2) is 34.7 Å². The Morgan fingerprint density at radius 1 is 1.25 bits per heavy atom. The predicted octanol–water partition coefficient (Wildman–Crippen LogP) is 1.95. The molecule has 1 aliphatic rings. The molecule has 1 aromatic heterocycles. The summed E-state index contributed by atoms with van der Waals surface area (Å²) in [6.07, 6.45) is 0. The van der Waals surface area contributed by atoms with Crippen LogP contribution in [-0.4, -0.2) is 57.3 Å². The van der Waals surface area contributed by atoms with Crippen LogP contribution >= 0.6 is 23.1 Å². The molecule has 6 nitrogen and oxygen atoms in total. The number of thioether (sulfide) groups is 1. The van der Waals surface area contributed by atoms with E-state index in [1.165, 1.54) is 28.7 Å². The second-order valence-electron chi connectivity index (χ2n) is 5.75. The number of anilines is 1. The summed E-state index contributed by atoms with van der Waals surface area (Å²) in [7, 11) is 0. The lowest BCUT2D eigenvalue weighted by atomic mass is 10.2. The fourth-order valence-corrected chi connectivity index (χ4v) is 4.56. The molecular formula is C16H21N5OS2. The number of nitrogens with two attached hydrogens (primary N) is 1. The molecule has 0 aliphatic carbocycles. The van der Waals surface area contributed by atoms with Crippen molar-refractivity contribution in [3.63, 3.8) is 0 Å². The van der Waals surface area contributed by atoms with Crippen molar-refractivity contribution in [2.24, 2.45) is 0 Å². The number of piperazine rings is 1. The lowest BCUT2D eigenvalue weighted by Gasteiger charge is -2.35. The normalized spacial score (nSPS) is 17.0. The number of hydrogen-bond donors (Lipinski definition) is 1. The molecule has 1 aliphatic heterocycles. The standard InChI is InChI=1S/C16H21N5OS2/c1-12(23-16-19-18-15(17)24-16)14(22)21-9-7-20(8-10-21)11-13-5-3-2-4-6-13/h2-6,12H,7-11H2,1H3,(H2,17,18)/t12-/m1/s1. The average Bonchev–Trinajstić information content (AvgIpc) is 3.00. The zero-order valence-electron chi connectivity index (χ0n) is 13.6. The van der Waals surface area contributed by atoms with Crippen LogP contribution in [0.25, 0.3) is 0 Å². The van der Waals surface area contributed by atoms with Crippen LogP contribution in [0.5, 0.6) is 0 Å². The third-order valence-corrected chi connectivity index (χ3v) is 5.90. The third-order valence-electron chi connectivity index (χ3n) is 3.98. The number of benzene rings is 1. The van der Waals surface area contributed by atoms with E-state index in [0.717, 1.165) is 37.1 Å². The lowest BCUT2D eigenvalue weighted by Crippen LogP contribution is -2.50. The molecule has 1 atom stereocenters. The van der Waals surface area contributed by atoms with E-state index in [4.69, 9.17) is 5.73 Å². The smallest absolute Gasteiger partial charge is 0.235 e. The summed E-state index contributed by atoms with van der Waals surface area (Å²) in [5, 5.41) is 8.02. The molecule has 128 valence electrons. The Morgan fingerprint density at radius 2 is 1.96 bits per heavy atom. The van der Waals surface area contributed by atoms with Crippen molar-refractivity contribution in [2.45, 2.75) is 23.1 Å². The van der Waals surface area contributed by atoms with Crippen LogP contribution in [0.2, 0.25) is 0 Å². The summed E-state index contributed by atoms with van der Waals surface area (Å²) >= 11 is 2.75. The Balaban J connectivity index is 1.47. The van der Waals surface area contributed by atoms with Gasteiger partial charge >= 0.3 is 0 Å². The topological polar surface area (TPSA) is 75.3 Å². The second kappa shape index (κ2) is 7.96. The largest absolute Gasteiger partial charge is 0.374 e. The van der Waals surface area contributed by atoms with Crippen molar-refractivity contribution < 1.29 is 4.79 Å². The van der Waals surface area contributed by atoms with E-state index in [0.29, 0.717) is 5.13 Å². The first-order chi connectivity index (χ1) is 11.6. The summed E-state index contributed by atoms with van der Waals surface area (Å²) in [6, 6.07) is 10.4. The number of nitrogen functional groups attached to an aromatic ring is 1. The van der Waals surface area contributed by atoms with E-state index >= 15 is 0 Å². The molecule has 1 aromatic carbocycles. The van der Waals surface area contributed by atoms with Crippen molar-refractivity contribution in [1.29, 1.82) is 0 Å². The van der Waals surface area contributed by atoms with Gasteiger partial charge in [-0.1, -0.05) is 53.4 Å². The number of amides is 1. The highest BCUT2D eigenvalue weighted by atomic mass is 32.2. The maximum Gasteiger partial charge on any atom is 0.235 e. The van der Waals surface area contributed by atoms with E-state index in [1.54, 1.807) is 0 Å². The lowest BCUT2D eigenvalue weighted by molar-refractivity contribution is -0.132. The molecular weight excluding hydrogens is 342 g/mol. The third kappa shape index (κ3) is 4.46. The SMILES string of the molecule is C[C@@H](Sc1nnc(N)s1)C(=O)N1CCN(Cc2ccccc2)CC1. The predicted molar refractivity (Wildman–Crippen MR) is 97.9 cm³/mol. The zero-order chi connectivity index (χ0) is 16.9. The molecule has 8 heteroatoms. The Kier molecular flexibility index (Phi) is 5.70. The molecule has 2 N–H and O–H groups in total. The molecule has 0 radical (unpaired) electrons. The summed E-state index contributed by atoms with van der Waals surface area (Å²) in [6.45, 7) is 6.22. The van der Waals surface area contributed by atoms with Gasteiger partial charge in [-0.05, 0) is 12.5 Å². The monoisotopic (exact) mass is 363 g/mol. The van der Waals surface area contributed by atoms with Crippen LogP contribution in [-0.2, 0) is 11.3 Å². The van der Waals surface area contributed by atoms with Crippen LogP contribution < -0.4 is 5.73 Å². The number of carbonyl (C=O) groups is 1. The van der Waals surface area contributed by atoms with Crippen molar-refractivity contribution >= 4 is 34.1 Å². The van der Waals surface area contributed by atoms with Gasteiger partial charge < -0.3 is 10.6 Å². The van der Waals surface area contributed by atoms with E-state index in [1.807, 2.05) is 17.9 Å². The molecule has 0 spiro atoms. The van der Waals surface area contributed by atoms with Gasteiger partial charge in [-0.25, -0.2) is 0 Å². The molecule has 2 heterocycles. The summed E-state index contributed by atoms with van der Waals surface area (Å²) < 4.78 is 0.746. The van der Waals surface area contributed by atoms with Gasteiger partial charge in [-0.2, -0.15) is 0 Å². The highest BCUT2D eigenvalue weighted by molar-refractivity contribution is 8.02. The van der Waals surface area contributed by atoms with Gasteiger partial charge in [0.15, 0.2) is 4.34 Å². The van der Waals surface area contributed by atoms with Gasteiger partial charge in [-0.3, -0.25) is 9.69 Å². The van der Waals surface area contributed by atoms with E-state index in [-0.39, 0.29) is 11.2 Å². The Bertz CT molecular complexity index is 670. The fourth-order valence-electron chi connectivity index (χ4n) is 2.69. The van der Waals surface area contributed by atoms with Gasteiger partial charge in [0.1, 0.15) is 0 Å². The minimum absolute atomic E-state index is 0.160. The van der Waals surface area contributed by atoms with E-state index in [2.05, 4.69) is 39.4 Å². The first kappa shape index (κ1) is 17.2. The fraction of sp³-hybridized carbons (Fsp3) is 0.438. The van der Waals surface area contributed by atoms with Crippen molar-refractivity contribution in [3.8, 4) is 0 Å². The molecule has 2 aromatic rings. The number of hydrogen-bond acceptors (Lipinski definition) is 7. The maximum absolute atomic E-state index is 12.6. The highest BCUT2D eigenvalue weighted by Crippen LogP contribution is 2.28.